The van der Waals surface area contributed by atoms with Crippen LogP contribution in [0.15, 0.2) is 35.6 Å². The van der Waals surface area contributed by atoms with Crippen LogP contribution in [0.1, 0.15) is 49.8 Å². The standard InChI is InChI=1S/C24H25N3OS/c1-15-6-20(19-2-4-26-5-3-19)21(13-25)23(27-15)29-14-22(28)24-10-16-7-17(11-24)9-18(8-16)12-24/h2-6,16-18H,7-12,14H2,1H3. The van der Waals surface area contributed by atoms with Gasteiger partial charge in [0, 0.05) is 29.1 Å². The van der Waals surface area contributed by atoms with Gasteiger partial charge in [0.05, 0.1) is 11.3 Å². The third-order valence-corrected chi connectivity index (χ3v) is 8.16. The van der Waals surface area contributed by atoms with E-state index in [9.17, 15) is 10.1 Å². The van der Waals surface area contributed by atoms with Crippen molar-refractivity contribution in [1.29, 1.82) is 5.26 Å². The lowest BCUT2D eigenvalue weighted by atomic mass is 9.48. The van der Waals surface area contributed by atoms with Gasteiger partial charge in [-0.25, -0.2) is 4.98 Å². The molecule has 4 bridgehead atoms. The maximum Gasteiger partial charge on any atom is 0.149 e. The maximum atomic E-state index is 13.4. The van der Waals surface area contributed by atoms with Crippen LogP contribution in [0, 0.1) is 41.4 Å². The molecule has 0 spiro atoms. The zero-order valence-electron chi connectivity index (χ0n) is 16.7. The molecule has 2 heterocycles. The first-order valence-corrected chi connectivity index (χ1v) is 11.5. The predicted molar refractivity (Wildman–Crippen MR) is 113 cm³/mol. The number of hydrogen-bond donors (Lipinski definition) is 0. The summed E-state index contributed by atoms with van der Waals surface area (Å²) in [6, 6.07) is 8.09. The number of carbonyl (C=O) groups is 1. The topological polar surface area (TPSA) is 66.6 Å². The van der Waals surface area contributed by atoms with Crippen LogP contribution < -0.4 is 0 Å². The van der Waals surface area contributed by atoms with Crippen molar-refractivity contribution in [3.63, 3.8) is 0 Å². The Kier molecular flexibility index (Phi) is 4.70. The molecule has 0 atom stereocenters. The van der Waals surface area contributed by atoms with Gasteiger partial charge in [0.2, 0.25) is 0 Å². The molecule has 0 radical (unpaired) electrons. The van der Waals surface area contributed by atoms with Crippen LogP contribution in [0.2, 0.25) is 0 Å². The van der Waals surface area contributed by atoms with Gasteiger partial charge >= 0.3 is 0 Å². The van der Waals surface area contributed by atoms with E-state index in [0.717, 1.165) is 53.8 Å². The Bertz CT molecular complexity index is 960. The van der Waals surface area contributed by atoms with E-state index in [0.29, 0.717) is 22.1 Å². The normalized spacial score (nSPS) is 29.6. The number of pyridine rings is 2. The molecular formula is C24H25N3OS. The van der Waals surface area contributed by atoms with Crippen LogP contribution in [-0.2, 0) is 4.79 Å². The third-order valence-electron chi connectivity index (χ3n) is 7.19. The van der Waals surface area contributed by atoms with Gasteiger partial charge in [0.1, 0.15) is 16.9 Å². The first-order valence-electron chi connectivity index (χ1n) is 10.5. The minimum absolute atomic E-state index is 0.0910. The van der Waals surface area contributed by atoms with E-state index < -0.39 is 0 Å². The van der Waals surface area contributed by atoms with Crippen molar-refractivity contribution in [3.05, 3.63) is 41.9 Å². The summed E-state index contributed by atoms with van der Waals surface area (Å²) < 4.78 is 0. The second-order valence-electron chi connectivity index (χ2n) is 9.25. The summed E-state index contributed by atoms with van der Waals surface area (Å²) in [5.74, 6) is 3.10. The Hall–Kier alpha value is -2.19. The number of rotatable bonds is 5. The number of nitriles is 1. The average molecular weight is 404 g/mol. The summed E-state index contributed by atoms with van der Waals surface area (Å²) in [6.07, 6.45) is 10.8. The van der Waals surface area contributed by atoms with Crippen LogP contribution in [0.5, 0.6) is 0 Å². The van der Waals surface area contributed by atoms with Crippen LogP contribution in [-0.4, -0.2) is 21.5 Å². The SMILES string of the molecule is Cc1cc(-c2ccncc2)c(C#N)c(SCC(=O)C23CC4CC(CC(C4)C2)C3)n1. The maximum absolute atomic E-state index is 13.4. The molecule has 29 heavy (non-hydrogen) atoms. The van der Waals surface area contributed by atoms with Gasteiger partial charge < -0.3 is 0 Å². The van der Waals surface area contributed by atoms with E-state index in [1.807, 2.05) is 25.1 Å². The van der Waals surface area contributed by atoms with Crippen LogP contribution in [0.3, 0.4) is 0 Å². The summed E-state index contributed by atoms with van der Waals surface area (Å²) in [5, 5.41) is 10.5. The monoisotopic (exact) mass is 403 g/mol. The molecule has 0 amide bonds. The number of aryl methyl sites for hydroxylation is 1. The molecule has 0 unspecified atom stereocenters. The fourth-order valence-corrected chi connectivity index (χ4v) is 7.44. The highest BCUT2D eigenvalue weighted by atomic mass is 32.2. The molecule has 4 nitrogen and oxygen atoms in total. The number of aromatic nitrogens is 2. The molecule has 0 saturated heterocycles. The molecule has 4 aliphatic rings. The number of thioether (sulfide) groups is 1. The molecule has 4 saturated carbocycles. The Morgan fingerprint density at radius 3 is 2.38 bits per heavy atom. The number of ketones is 1. The smallest absolute Gasteiger partial charge is 0.149 e. The fraction of sp³-hybridized carbons (Fsp3) is 0.500. The van der Waals surface area contributed by atoms with E-state index in [4.69, 9.17) is 0 Å². The van der Waals surface area contributed by atoms with Crippen molar-refractivity contribution in [2.75, 3.05) is 5.75 Å². The first kappa shape index (κ1) is 18.8. The summed E-state index contributed by atoms with van der Waals surface area (Å²) in [7, 11) is 0. The van der Waals surface area contributed by atoms with Crippen LogP contribution in [0.25, 0.3) is 11.1 Å². The van der Waals surface area contributed by atoms with Crippen molar-refractivity contribution in [2.24, 2.45) is 23.2 Å². The van der Waals surface area contributed by atoms with Crippen molar-refractivity contribution in [3.8, 4) is 17.2 Å². The van der Waals surface area contributed by atoms with E-state index >= 15 is 0 Å². The molecule has 6 rings (SSSR count). The van der Waals surface area contributed by atoms with Gasteiger partial charge in [-0.05, 0) is 87.0 Å². The fourth-order valence-electron chi connectivity index (χ4n) is 6.36. The largest absolute Gasteiger partial charge is 0.298 e. The quantitative estimate of drug-likeness (QED) is 0.642. The molecule has 4 aliphatic carbocycles. The second-order valence-corrected chi connectivity index (χ2v) is 10.2. The van der Waals surface area contributed by atoms with Gasteiger partial charge in [-0.1, -0.05) is 11.8 Å². The Morgan fingerprint density at radius 2 is 1.79 bits per heavy atom. The molecule has 148 valence electrons. The Morgan fingerprint density at radius 1 is 1.17 bits per heavy atom. The predicted octanol–water partition coefficient (Wildman–Crippen LogP) is 5.20. The summed E-state index contributed by atoms with van der Waals surface area (Å²) in [4.78, 5) is 22.1. The number of carbonyl (C=O) groups excluding carboxylic acids is 1. The molecular weight excluding hydrogens is 378 g/mol. The van der Waals surface area contributed by atoms with E-state index in [1.54, 1.807) is 12.4 Å². The van der Waals surface area contributed by atoms with Crippen LogP contribution >= 0.6 is 11.8 Å². The molecule has 5 heteroatoms. The molecule has 0 N–H and O–H groups in total. The third kappa shape index (κ3) is 3.38. The van der Waals surface area contributed by atoms with Gasteiger partial charge in [-0.15, -0.1) is 0 Å². The number of Topliss-reactive ketones (excluding diaryl/α,β-unsaturated/α-hetero) is 1. The lowest BCUT2D eigenvalue weighted by Gasteiger charge is -2.56. The van der Waals surface area contributed by atoms with Crippen molar-refractivity contribution < 1.29 is 4.79 Å². The van der Waals surface area contributed by atoms with Gasteiger partial charge in [0.25, 0.3) is 0 Å². The zero-order valence-corrected chi connectivity index (χ0v) is 17.5. The molecule has 4 fully saturated rings. The van der Waals surface area contributed by atoms with Gasteiger partial charge in [-0.2, -0.15) is 5.26 Å². The summed E-state index contributed by atoms with van der Waals surface area (Å²) in [5.41, 5.74) is 3.15. The van der Waals surface area contributed by atoms with Crippen molar-refractivity contribution in [2.45, 2.75) is 50.5 Å². The number of hydrogen-bond acceptors (Lipinski definition) is 5. The van der Waals surface area contributed by atoms with Gasteiger partial charge in [-0.3, -0.25) is 9.78 Å². The Balaban J connectivity index is 1.39. The summed E-state index contributed by atoms with van der Waals surface area (Å²) in [6.45, 7) is 1.94. The Labute approximate surface area is 176 Å². The van der Waals surface area contributed by atoms with Crippen LogP contribution in [0.4, 0.5) is 0 Å². The first-order chi connectivity index (χ1) is 14.1. The number of nitrogens with zero attached hydrogens (tertiary/aromatic N) is 3. The highest BCUT2D eigenvalue weighted by Gasteiger charge is 2.54. The minimum atomic E-state index is -0.0910. The summed E-state index contributed by atoms with van der Waals surface area (Å²) >= 11 is 1.45. The zero-order chi connectivity index (χ0) is 20.0. The lowest BCUT2D eigenvalue weighted by molar-refractivity contribution is -0.141. The highest BCUT2D eigenvalue weighted by molar-refractivity contribution is 8.00. The van der Waals surface area contributed by atoms with Gasteiger partial charge in [0.15, 0.2) is 0 Å². The van der Waals surface area contributed by atoms with Crippen molar-refractivity contribution >= 4 is 17.5 Å². The highest BCUT2D eigenvalue weighted by Crippen LogP contribution is 2.60. The molecule has 2 aromatic rings. The molecule has 2 aromatic heterocycles. The molecule has 0 aromatic carbocycles. The molecule has 0 aliphatic heterocycles. The van der Waals surface area contributed by atoms with E-state index in [2.05, 4.69) is 16.0 Å². The average Bonchev–Trinajstić information content (AvgIpc) is 2.71. The lowest BCUT2D eigenvalue weighted by Crippen LogP contribution is -2.50. The van der Waals surface area contributed by atoms with E-state index in [-0.39, 0.29) is 5.41 Å². The second kappa shape index (κ2) is 7.25. The minimum Gasteiger partial charge on any atom is -0.298 e. The van der Waals surface area contributed by atoms with Crippen molar-refractivity contribution in [1.82, 2.24) is 9.97 Å². The van der Waals surface area contributed by atoms with E-state index in [1.165, 1.54) is 31.0 Å².